The van der Waals surface area contributed by atoms with Crippen molar-refractivity contribution in [2.24, 2.45) is 0 Å². The fraction of sp³-hybridized carbons (Fsp3) is 0.500. The average molecular weight is 227 g/mol. The second-order valence-electron chi connectivity index (χ2n) is 3.02. The van der Waals surface area contributed by atoms with E-state index in [0.29, 0.717) is 19.5 Å². The van der Waals surface area contributed by atoms with Crippen LogP contribution in [0, 0.1) is 0 Å². The van der Waals surface area contributed by atoms with Gasteiger partial charge in [-0.05, 0) is 6.42 Å². The molecule has 0 aliphatic carbocycles. The molecule has 0 saturated carbocycles. The zero-order chi connectivity index (χ0) is 11.8. The predicted molar refractivity (Wildman–Crippen MR) is 53.7 cm³/mol. The highest BCUT2D eigenvalue weighted by molar-refractivity contribution is 5.79. The fourth-order valence-electron chi connectivity index (χ4n) is 1.01. The molecule has 8 nitrogen and oxygen atoms in total. The number of carbonyl (C=O) groups is 2. The van der Waals surface area contributed by atoms with Crippen LogP contribution in [-0.4, -0.2) is 45.2 Å². The number of aliphatic carboxylic acids is 1. The number of aromatic nitrogens is 3. The van der Waals surface area contributed by atoms with Gasteiger partial charge in [0.1, 0.15) is 6.54 Å². The van der Waals surface area contributed by atoms with Gasteiger partial charge < -0.3 is 15.7 Å². The molecule has 8 heteroatoms. The van der Waals surface area contributed by atoms with Gasteiger partial charge in [-0.3, -0.25) is 9.48 Å². The molecule has 0 saturated heterocycles. The second-order valence-corrected chi connectivity index (χ2v) is 3.02. The van der Waals surface area contributed by atoms with Gasteiger partial charge in [0, 0.05) is 19.3 Å². The van der Waals surface area contributed by atoms with Crippen molar-refractivity contribution in [1.29, 1.82) is 0 Å². The van der Waals surface area contributed by atoms with E-state index in [0.717, 1.165) is 0 Å². The van der Waals surface area contributed by atoms with Crippen LogP contribution >= 0.6 is 0 Å². The second kappa shape index (κ2) is 6.38. The summed E-state index contributed by atoms with van der Waals surface area (Å²) < 4.78 is 1.65. The molecule has 1 rings (SSSR count). The van der Waals surface area contributed by atoms with Crippen LogP contribution in [0.3, 0.4) is 0 Å². The highest BCUT2D eigenvalue weighted by Gasteiger charge is 2.01. The Hall–Kier alpha value is -2.12. The van der Waals surface area contributed by atoms with E-state index < -0.39 is 12.0 Å². The standard InChI is InChI=1S/C8H13N5O3/c14-7(15)6-10-8(16)9-2-1-4-13-5-3-11-12-13/h3,5H,1-2,4,6H2,(H,14,15)(H2,9,10,16). The number of carbonyl (C=O) groups excluding carboxylic acids is 1. The van der Waals surface area contributed by atoms with Gasteiger partial charge in [-0.2, -0.15) is 0 Å². The van der Waals surface area contributed by atoms with Crippen LogP contribution in [0.2, 0.25) is 0 Å². The summed E-state index contributed by atoms with van der Waals surface area (Å²) in [6.07, 6.45) is 4.00. The topological polar surface area (TPSA) is 109 Å². The zero-order valence-corrected chi connectivity index (χ0v) is 8.59. The number of rotatable bonds is 6. The number of nitrogens with zero attached hydrogens (tertiary/aromatic N) is 3. The minimum atomic E-state index is -1.07. The van der Waals surface area contributed by atoms with Gasteiger partial charge in [-0.1, -0.05) is 5.21 Å². The maximum atomic E-state index is 11.0. The molecule has 0 aliphatic heterocycles. The number of hydrogen-bond acceptors (Lipinski definition) is 4. The van der Waals surface area contributed by atoms with Crippen molar-refractivity contribution in [1.82, 2.24) is 25.6 Å². The van der Waals surface area contributed by atoms with Crippen molar-refractivity contribution in [2.45, 2.75) is 13.0 Å². The molecule has 0 bridgehead atoms. The molecule has 0 aliphatic rings. The first kappa shape index (κ1) is 12.0. The Bertz CT molecular complexity index is 337. The van der Waals surface area contributed by atoms with E-state index >= 15 is 0 Å². The third-order valence-electron chi connectivity index (χ3n) is 1.72. The van der Waals surface area contributed by atoms with Crippen molar-refractivity contribution in [3.05, 3.63) is 12.4 Å². The van der Waals surface area contributed by atoms with Crippen molar-refractivity contribution in [3.8, 4) is 0 Å². The molecule has 1 heterocycles. The first-order valence-electron chi connectivity index (χ1n) is 4.76. The lowest BCUT2D eigenvalue weighted by Crippen LogP contribution is -2.39. The van der Waals surface area contributed by atoms with E-state index in [1.807, 2.05) is 0 Å². The van der Waals surface area contributed by atoms with E-state index in [9.17, 15) is 9.59 Å². The zero-order valence-electron chi connectivity index (χ0n) is 8.59. The van der Waals surface area contributed by atoms with Gasteiger partial charge in [0.05, 0.1) is 6.20 Å². The van der Waals surface area contributed by atoms with E-state index in [1.165, 1.54) is 0 Å². The summed E-state index contributed by atoms with van der Waals surface area (Å²) in [7, 11) is 0. The number of carboxylic acid groups (broad SMARTS) is 1. The molecule has 0 unspecified atom stereocenters. The summed E-state index contributed by atoms with van der Waals surface area (Å²) >= 11 is 0. The number of amides is 2. The van der Waals surface area contributed by atoms with E-state index in [-0.39, 0.29) is 6.54 Å². The smallest absolute Gasteiger partial charge is 0.323 e. The maximum absolute atomic E-state index is 11.0. The molecule has 1 aromatic rings. The molecule has 0 fully saturated rings. The maximum Gasteiger partial charge on any atom is 0.323 e. The van der Waals surface area contributed by atoms with E-state index in [1.54, 1.807) is 17.1 Å². The van der Waals surface area contributed by atoms with Crippen LogP contribution in [0.1, 0.15) is 6.42 Å². The van der Waals surface area contributed by atoms with Crippen LogP contribution in [0.4, 0.5) is 4.79 Å². The van der Waals surface area contributed by atoms with Crippen molar-refractivity contribution in [3.63, 3.8) is 0 Å². The van der Waals surface area contributed by atoms with Gasteiger partial charge in [0.25, 0.3) is 0 Å². The monoisotopic (exact) mass is 227 g/mol. The minimum Gasteiger partial charge on any atom is -0.480 e. The third-order valence-corrected chi connectivity index (χ3v) is 1.72. The summed E-state index contributed by atoms with van der Waals surface area (Å²) in [5.74, 6) is -1.07. The molecule has 0 aromatic carbocycles. The first-order valence-corrected chi connectivity index (χ1v) is 4.76. The van der Waals surface area contributed by atoms with Crippen LogP contribution in [0.15, 0.2) is 12.4 Å². The van der Waals surface area contributed by atoms with Crippen LogP contribution in [0.25, 0.3) is 0 Å². The quantitative estimate of drug-likeness (QED) is 0.543. The highest BCUT2D eigenvalue weighted by Crippen LogP contribution is 1.85. The number of carboxylic acids is 1. The van der Waals surface area contributed by atoms with E-state index in [4.69, 9.17) is 5.11 Å². The minimum absolute atomic E-state index is 0.380. The van der Waals surface area contributed by atoms with Crippen LogP contribution < -0.4 is 10.6 Å². The molecule has 0 radical (unpaired) electrons. The number of aryl methyl sites for hydroxylation is 1. The van der Waals surface area contributed by atoms with Crippen LogP contribution in [-0.2, 0) is 11.3 Å². The number of urea groups is 1. The predicted octanol–water partition coefficient (Wildman–Crippen LogP) is -0.948. The lowest BCUT2D eigenvalue weighted by atomic mass is 10.4. The summed E-state index contributed by atoms with van der Waals surface area (Å²) in [4.78, 5) is 21.1. The SMILES string of the molecule is O=C(O)CNC(=O)NCCCn1ccnn1. The Labute approximate surface area is 91.6 Å². The van der Waals surface area contributed by atoms with Crippen LogP contribution in [0.5, 0.6) is 0 Å². The highest BCUT2D eigenvalue weighted by atomic mass is 16.4. The lowest BCUT2D eigenvalue weighted by molar-refractivity contribution is -0.135. The van der Waals surface area contributed by atoms with Gasteiger partial charge in [0.15, 0.2) is 0 Å². The van der Waals surface area contributed by atoms with Gasteiger partial charge >= 0.3 is 12.0 Å². The van der Waals surface area contributed by atoms with Crippen molar-refractivity contribution in [2.75, 3.05) is 13.1 Å². The van der Waals surface area contributed by atoms with Gasteiger partial charge in [-0.15, -0.1) is 5.10 Å². The third kappa shape index (κ3) is 4.94. The Morgan fingerprint density at radius 3 is 2.81 bits per heavy atom. The van der Waals surface area contributed by atoms with Crippen molar-refractivity contribution >= 4 is 12.0 Å². The number of nitrogens with one attached hydrogen (secondary N) is 2. The molecular formula is C8H13N5O3. The molecule has 1 aromatic heterocycles. The summed E-state index contributed by atoms with van der Waals surface area (Å²) in [6, 6.07) is -0.485. The van der Waals surface area contributed by atoms with E-state index in [2.05, 4.69) is 20.9 Å². The Morgan fingerprint density at radius 2 is 2.19 bits per heavy atom. The summed E-state index contributed by atoms with van der Waals surface area (Å²) in [6.45, 7) is 0.722. The van der Waals surface area contributed by atoms with Crippen molar-refractivity contribution < 1.29 is 14.7 Å². The number of hydrogen-bond donors (Lipinski definition) is 3. The molecule has 0 atom stereocenters. The average Bonchev–Trinajstić information content (AvgIpc) is 2.74. The molecule has 0 spiro atoms. The molecule has 3 N–H and O–H groups in total. The Balaban J connectivity index is 2.02. The van der Waals surface area contributed by atoms with Gasteiger partial charge in [-0.25, -0.2) is 4.79 Å². The summed E-state index contributed by atoms with van der Waals surface area (Å²) in [5.41, 5.74) is 0. The molecule has 16 heavy (non-hydrogen) atoms. The Kier molecular flexibility index (Phi) is 4.77. The fourth-order valence-corrected chi connectivity index (χ4v) is 1.01. The molecule has 88 valence electrons. The molecule has 2 amide bonds. The first-order chi connectivity index (χ1) is 7.68. The normalized spacial score (nSPS) is 9.75. The lowest BCUT2D eigenvalue weighted by Gasteiger charge is -2.05. The summed E-state index contributed by atoms with van der Waals surface area (Å²) in [5, 5.41) is 20.4. The molecular weight excluding hydrogens is 214 g/mol. The van der Waals surface area contributed by atoms with Gasteiger partial charge in [0.2, 0.25) is 0 Å². The largest absolute Gasteiger partial charge is 0.480 e. The Morgan fingerprint density at radius 1 is 1.38 bits per heavy atom.